The van der Waals surface area contributed by atoms with E-state index in [4.69, 9.17) is 9.47 Å². The van der Waals surface area contributed by atoms with Gasteiger partial charge in [-0.1, -0.05) is 48.5 Å². The van der Waals surface area contributed by atoms with Crippen LogP contribution >= 0.6 is 0 Å². The van der Waals surface area contributed by atoms with E-state index in [0.29, 0.717) is 22.7 Å². The predicted molar refractivity (Wildman–Crippen MR) is 108 cm³/mol. The van der Waals surface area contributed by atoms with E-state index in [-0.39, 0.29) is 5.91 Å². The Morgan fingerprint density at radius 1 is 0.852 bits per heavy atom. The fraction of sp³-hybridized carbons (Fsp3) is 0.174. The second-order valence-electron chi connectivity index (χ2n) is 6.16. The van der Waals surface area contributed by atoms with E-state index in [9.17, 15) is 4.79 Å². The van der Waals surface area contributed by atoms with Gasteiger partial charge in [-0.25, -0.2) is 0 Å². The molecule has 27 heavy (non-hydrogen) atoms. The fourth-order valence-electron chi connectivity index (χ4n) is 2.98. The highest BCUT2D eigenvalue weighted by molar-refractivity contribution is 6.06. The number of carbonyl (C=O) groups excluding carboxylic acids is 1. The maximum Gasteiger partial charge on any atom is 0.256 e. The van der Waals surface area contributed by atoms with Crippen molar-refractivity contribution < 1.29 is 14.3 Å². The molecule has 4 nitrogen and oxygen atoms in total. The molecule has 1 amide bonds. The summed E-state index contributed by atoms with van der Waals surface area (Å²) in [6.45, 7) is 0. The number of amides is 1. The zero-order valence-corrected chi connectivity index (χ0v) is 15.6. The molecule has 0 spiro atoms. The van der Waals surface area contributed by atoms with Gasteiger partial charge in [0, 0.05) is 11.6 Å². The summed E-state index contributed by atoms with van der Waals surface area (Å²) in [6.07, 6.45) is 1.68. The van der Waals surface area contributed by atoms with Crippen LogP contribution in [0.3, 0.4) is 0 Å². The zero-order chi connectivity index (χ0) is 19.1. The fourth-order valence-corrected chi connectivity index (χ4v) is 2.98. The molecule has 3 aromatic carbocycles. The first-order valence-electron chi connectivity index (χ1n) is 8.86. The number of methoxy groups -OCH3 is 2. The predicted octanol–water partition coefficient (Wildman–Crippen LogP) is 4.74. The van der Waals surface area contributed by atoms with Gasteiger partial charge in [0.2, 0.25) is 0 Å². The SMILES string of the molecule is COc1ccc(OC)c(NC(=O)c2ccccc2CCc2ccccc2)c1. The Hall–Kier alpha value is -3.27. The van der Waals surface area contributed by atoms with Crippen LogP contribution < -0.4 is 14.8 Å². The van der Waals surface area contributed by atoms with Crippen molar-refractivity contribution in [3.05, 3.63) is 89.5 Å². The molecule has 0 aromatic heterocycles. The van der Waals surface area contributed by atoms with Crippen LogP contribution in [0.1, 0.15) is 21.5 Å². The molecule has 0 heterocycles. The molecule has 4 heteroatoms. The molecule has 0 aliphatic rings. The standard InChI is InChI=1S/C23H23NO3/c1-26-19-14-15-22(27-2)21(16-19)24-23(25)20-11-7-6-10-18(20)13-12-17-8-4-3-5-9-17/h3-11,14-16H,12-13H2,1-2H3,(H,24,25). The molecule has 1 N–H and O–H groups in total. The highest BCUT2D eigenvalue weighted by atomic mass is 16.5. The van der Waals surface area contributed by atoms with Crippen molar-refractivity contribution >= 4 is 11.6 Å². The summed E-state index contributed by atoms with van der Waals surface area (Å²) in [4.78, 5) is 12.9. The van der Waals surface area contributed by atoms with Crippen molar-refractivity contribution in [2.45, 2.75) is 12.8 Å². The van der Waals surface area contributed by atoms with E-state index in [1.165, 1.54) is 5.56 Å². The van der Waals surface area contributed by atoms with Gasteiger partial charge in [-0.2, -0.15) is 0 Å². The molecule has 0 atom stereocenters. The molecular formula is C23H23NO3. The molecule has 0 unspecified atom stereocenters. The van der Waals surface area contributed by atoms with Gasteiger partial charge < -0.3 is 14.8 Å². The molecule has 3 aromatic rings. The average Bonchev–Trinajstić information content (AvgIpc) is 2.73. The molecule has 3 rings (SSSR count). The lowest BCUT2D eigenvalue weighted by atomic mass is 9.99. The summed E-state index contributed by atoms with van der Waals surface area (Å²) in [6, 6.07) is 23.3. The number of anilines is 1. The Labute approximate surface area is 159 Å². The van der Waals surface area contributed by atoms with Crippen LogP contribution in [0.25, 0.3) is 0 Å². The van der Waals surface area contributed by atoms with Crippen LogP contribution in [-0.2, 0) is 12.8 Å². The van der Waals surface area contributed by atoms with Crippen molar-refractivity contribution in [3.8, 4) is 11.5 Å². The second kappa shape index (κ2) is 8.90. The molecule has 0 aliphatic heterocycles. The molecule has 0 aliphatic carbocycles. The minimum absolute atomic E-state index is 0.162. The lowest BCUT2D eigenvalue weighted by Crippen LogP contribution is -2.15. The summed E-state index contributed by atoms with van der Waals surface area (Å²) in [5.74, 6) is 1.08. The second-order valence-corrected chi connectivity index (χ2v) is 6.16. The van der Waals surface area contributed by atoms with Gasteiger partial charge in [-0.3, -0.25) is 4.79 Å². The topological polar surface area (TPSA) is 47.6 Å². The molecule has 0 saturated carbocycles. The first kappa shape index (κ1) is 18.5. The van der Waals surface area contributed by atoms with Gasteiger partial charge in [-0.05, 0) is 42.2 Å². The largest absolute Gasteiger partial charge is 0.497 e. The van der Waals surface area contributed by atoms with E-state index in [1.807, 2.05) is 42.5 Å². The summed E-state index contributed by atoms with van der Waals surface area (Å²) < 4.78 is 10.6. The van der Waals surface area contributed by atoms with Crippen LogP contribution in [0, 0.1) is 0 Å². The van der Waals surface area contributed by atoms with E-state index in [2.05, 4.69) is 17.4 Å². The average molecular weight is 361 g/mol. The zero-order valence-electron chi connectivity index (χ0n) is 15.6. The number of nitrogens with one attached hydrogen (secondary N) is 1. The number of ether oxygens (including phenoxy) is 2. The quantitative estimate of drug-likeness (QED) is 0.661. The lowest BCUT2D eigenvalue weighted by Gasteiger charge is -2.14. The van der Waals surface area contributed by atoms with Gasteiger partial charge in [0.1, 0.15) is 11.5 Å². The molecule has 0 fully saturated rings. The maximum atomic E-state index is 12.9. The molecular weight excluding hydrogens is 338 g/mol. The third-order valence-electron chi connectivity index (χ3n) is 4.44. The van der Waals surface area contributed by atoms with Crippen LogP contribution in [-0.4, -0.2) is 20.1 Å². The van der Waals surface area contributed by atoms with Crippen LogP contribution in [0.5, 0.6) is 11.5 Å². The molecule has 0 radical (unpaired) electrons. The van der Waals surface area contributed by atoms with Gasteiger partial charge in [0.15, 0.2) is 0 Å². The Kier molecular flexibility index (Phi) is 6.10. The Bertz CT molecular complexity index is 907. The molecule has 0 bridgehead atoms. The molecule has 0 saturated heterocycles. The minimum atomic E-state index is -0.162. The smallest absolute Gasteiger partial charge is 0.256 e. The van der Waals surface area contributed by atoms with E-state index in [0.717, 1.165) is 18.4 Å². The van der Waals surface area contributed by atoms with Crippen molar-refractivity contribution in [2.75, 3.05) is 19.5 Å². The summed E-state index contributed by atoms with van der Waals surface area (Å²) in [5.41, 5.74) is 3.51. The van der Waals surface area contributed by atoms with Crippen LogP contribution in [0.15, 0.2) is 72.8 Å². The number of benzene rings is 3. The van der Waals surface area contributed by atoms with Crippen molar-refractivity contribution in [1.29, 1.82) is 0 Å². The van der Waals surface area contributed by atoms with Crippen LogP contribution in [0.4, 0.5) is 5.69 Å². The van der Waals surface area contributed by atoms with E-state index < -0.39 is 0 Å². The Morgan fingerprint density at radius 2 is 1.59 bits per heavy atom. The number of aryl methyl sites for hydroxylation is 2. The highest BCUT2D eigenvalue weighted by Gasteiger charge is 2.14. The van der Waals surface area contributed by atoms with E-state index >= 15 is 0 Å². The Balaban J connectivity index is 1.79. The number of carbonyl (C=O) groups is 1. The first-order chi connectivity index (χ1) is 13.2. The Morgan fingerprint density at radius 3 is 2.33 bits per heavy atom. The summed E-state index contributed by atoms with van der Waals surface area (Å²) in [5, 5.41) is 2.95. The van der Waals surface area contributed by atoms with Gasteiger partial charge in [0.25, 0.3) is 5.91 Å². The first-order valence-corrected chi connectivity index (χ1v) is 8.86. The molecule has 138 valence electrons. The minimum Gasteiger partial charge on any atom is -0.497 e. The normalized spacial score (nSPS) is 10.3. The summed E-state index contributed by atoms with van der Waals surface area (Å²) >= 11 is 0. The summed E-state index contributed by atoms with van der Waals surface area (Å²) in [7, 11) is 3.16. The third-order valence-corrected chi connectivity index (χ3v) is 4.44. The lowest BCUT2D eigenvalue weighted by molar-refractivity contribution is 0.102. The number of rotatable bonds is 7. The third kappa shape index (κ3) is 4.67. The number of hydrogen-bond donors (Lipinski definition) is 1. The van der Waals surface area contributed by atoms with Gasteiger partial charge >= 0.3 is 0 Å². The van der Waals surface area contributed by atoms with E-state index in [1.54, 1.807) is 32.4 Å². The van der Waals surface area contributed by atoms with Crippen molar-refractivity contribution in [2.24, 2.45) is 0 Å². The van der Waals surface area contributed by atoms with Crippen molar-refractivity contribution in [1.82, 2.24) is 0 Å². The number of hydrogen-bond acceptors (Lipinski definition) is 3. The monoisotopic (exact) mass is 361 g/mol. The van der Waals surface area contributed by atoms with Crippen LogP contribution in [0.2, 0.25) is 0 Å². The maximum absolute atomic E-state index is 12.9. The van der Waals surface area contributed by atoms with Crippen molar-refractivity contribution in [3.63, 3.8) is 0 Å². The van der Waals surface area contributed by atoms with Gasteiger partial charge in [-0.15, -0.1) is 0 Å². The van der Waals surface area contributed by atoms with Gasteiger partial charge in [0.05, 0.1) is 19.9 Å². The highest BCUT2D eigenvalue weighted by Crippen LogP contribution is 2.29.